The topological polar surface area (TPSA) is 41.5 Å². The van der Waals surface area contributed by atoms with Crippen molar-refractivity contribution in [3.05, 3.63) is 119 Å². The van der Waals surface area contributed by atoms with E-state index in [-0.39, 0.29) is 5.78 Å². The Morgan fingerprint density at radius 2 is 1.30 bits per heavy atom. The molecule has 0 heterocycles. The van der Waals surface area contributed by atoms with Crippen LogP contribution in [-0.4, -0.2) is 11.5 Å². The van der Waals surface area contributed by atoms with E-state index in [1.165, 1.54) is 0 Å². The zero-order valence-electron chi connectivity index (χ0n) is 14.9. The molecule has 27 heavy (non-hydrogen) atoms. The van der Waals surface area contributed by atoms with Gasteiger partial charge in [-0.15, -0.1) is 0 Å². The number of hydrogen-bond donors (Lipinski definition) is 1. The summed E-state index contributed by atoms with van der Waals surface area (Å²) in [4.78, 5) is 17.7. The molecular weight excluding hydrogens is 332 g/mol. The average molecular weight is 352 g/mol. The molecule has 4 rings (SSSR count). The Labute approximate surface area is 159 Å². The van der Waals surface area contributed by atoms with Crippen molar-refractivity contribution in [3.63, 3.8) is 0 Å². The van der Waals surface area contributed by atoms with Crippen molar-refractivity contribution in [2.24, 2.45) is 4.99 Å². The lowest BCUT2D eigenvalue weighted by Gasteiger charge is -2.19. The third kappa shape index (κ3) is 3.87. The number of nitrogens with one attached hydrogen (secondary N) is 1. The second kappa shape index (κ2) is 7.83. The standard InChI is InChI=1S/C24H20N2O/c27-24-21-14-8-7-13-20(21)22(25-16-18-9-3-1-4-10-18)15-23(24)26-17-19-11-5-2-6-12-19/h1-15,26H,16-17H2. The number of carbonyl (C=O) groups excluding carboxylic acids is 1. The van der Waals surface area contributed by atoms with Gasteiger partial charge in [-0.25, -0.2) is 0 Å². The maximum absolute atomic E-state index is 12.9. The average Bonchev–Trinajstić information content (AvgIpc) is 2.74. The third-order valence-electron chi connectivity index (χ3n) is 4.57. The highest BCUT2D eigenvalue weighted by atomic mass is 16.1. The molecule has 0 aliphatic heterocycles. The lowest BCUT2D eigenvalue weighted by Crippen LogP contribution is -2.27. The largest absolute Gasteiger partial charge is 0.378 e. The Morgan fingerprint density at radius 1 is 0.704 bits per heavy atom. The normalized spacial score (nSPS) is 14.6. The molecule has 3 nitrogen and oxygen atoms in total. The maximum atomic E-state index is 12.9. The molecule has 3 heteroatoms. The van der Waals surface area contributed by atoms with Gasteiger partial charge in [0.25, 0.3) is 0 Å². The first kappa shape index (κ1) is 17.0. The van der Waals surface area contributed by atoms with Crippen LogP contribution < -0.4 is 5.32 Å². The Hall–Kier alpha value is -3.46. The van der Waals surface area contributed by atoms with E-state index in [2.05, 4.69) is 17.4 Å². The second-order valence-electron chi connectivity index (χ2n) is 6.46. The Bertz CT molecular complexity index is 1000. The lowest BCUT2D eigenvalue weighted by atomic mass is 9.92. The first-order valence-corrected chi connectivity index (χ1v) is 9.03. The van der Waals surface area contributed by atoms with Crippen molar-refractivity contribution in [1.82, 2.24) is 5.32 Å². The van der Waals surface area contributed by atoms with Crippen molar-refractivity contribution in [3.8, 4) is 0 Å². The van der Waals surface area contributed by atoms with Crippen LogP contribution in [-0.2, 0) is 13.1 Å². The number of aliphatic imine (C=N–C) groups is 1. The number of ketones is 1. The van der Waals surface area contributed by atoms with Crippen molar-refractivity contribution < 1.29 is 4.79 Å². The number of nitrogens with zero attached hydrogens (tertiary/aromatic N) is 1. The number of rotatable bonds is 5. The Balaban J connectivity index is 1.63. The molecule has 1 N–H and O–H groups in total. The quantitative estimate of drug-likeness (QED) is 0.732. The van der Waals surface area contributed by atoms with E-state index in [0.717, 1.165) is 22.4 Å². The summed E-state index contributed by atoms with van der Waals surface area (Å²) in [5.41, 5.74) is 5.29. The van der Waals surface area contributed by atoms with Crippen LogP contribution in [0.15, 0.2) is 102 Å². The Kier molecular flexibility index (Phi) is 4.93. The number of benzene rings is 3. The summed E-state index contributed by atoms with van der Waals surface area (Å²) in [6.45, 7) is 1.19. The highest BCUT2D eigenvalue weighted by Crippen LogP contribution is 2.21. The van der Waals surface area contributed by atoms with Crippen LogP contribution in [0.2, 0.25) is 0 Å². The fourth-order valence-corrected chi connectivity index (χ4v) is 3.14. The molecule has 0 atom stereocenters. The monoisotopic (exact) mass is 352 g/mol. The summed E-state index contributed by atoms with van der Waals surface area (Å²) < 4.78 is 0. The first-order chi connectivity index (χ1) is 13.3. The number of fused-ring (bicyclic) bond motifs is 1. The number of carbonyl (C=O) groups is 1. The number of allylic oxidation sites excluding steroid dienone is 2. The smallest absolute Gasteiger partial charge is 0.209 e. The molecule has 0 unspecified atom stereocenters. The molecule has 0 bridgehead atoms. The lowest BCUT2D eigenvalue weighted by molar-refractivity contribution is 0.102. The van der Waals surface area contributed by atoms with E-state index in [0.29, 0.717) is 24.4 Å². The fourth-order valence-electron chi connectivity index (χ4n) is 3.14. The van der Waals surface area contributed by atoms with Gasteiger partial charge in [-0.1, -0.05) is 84.9 Å². The van der Waals surface area contributed by atoms with Crippen molar-refractivity contribution >= 4 is 11.5 Å². The van der Waals surface area contributed by atoms with Crippen molar-refractivity contribution in [2.45, 2.75) is 13.1 Å². The molecule has 0 radical (unpaired) electrons. The van der Waals surface area contributed by atoms with Crippen LogP contribution in [0, 0.1) is 0 Å². The van der Waals surface area contributed by atoms with Crippen LogP contribution in [0.25, 0.3) is 0 Å². The zero-order chi connectivity index (χ0) is 18.5. The zero-order valence-corrected chi connectivity index (χ0v) is 14.9. The third-order valence-corrected chi connectivity index (χ3v) is 4.57. The van der Waals surface area contributed by atoms with Crippen molar-refractivity contribution in [1.29, 1.82) is 0 Å². The van der Waals surface area contributed by atoms with Gasteiger partial charge >= 0.3 is 0 Å². The van der Waals surface area contributed by atoms with E-state index >= 15 is 0 Å². The van der Waals surface area contributed by atoms with Gasteiger partial charge in [-0.2, -0.15) is 0 Å². The summed E-state index contributed by atoms with van der Waals surface area (Å²) in [5.74, 6) is 0.0141. The summed E-state index contributed by atoms with van der Waals surface area (Å²) >= 11 is 0. The summed E-state index contributed by atoms with van der Waals surface area (Å²) in [6.07, 6.45) is 1.87. The van der Waals surface area contributed by atoms with E-state index in [4.69, 9.17) is 4.99 Å². The van der Waals surface area contributed by atoms with E-state index < -0.39 is 0 Å². The molecule has 0 amide bonds. The number of hydrogen-bond acceptors (Lipinski definition) is 3. The molecule has 0 spiro atoms. The molecule has 3 aromatic rings. The highest BCUT2D eigenvalue weighted by Gasteiger charge is 2.23. The van der Waals surface area contributed by atoms with Crippen LogP contribution >= 0.6 is 0 Å². The van der Waals surface area contributed by atoms with Gasteiger partial charge < -0.3 is 5.32 Å². The highest BCUT2D eigenvalue weighted by molar-refractivity contribution is 6.25. The first-order valence-electron chi connectivity index (χ1n) is 9.03. The van der Waals surface area contributed by atoms with Gasteiger partial charge in [0.05, 0.1) is 18.0 Å². The summed E-state index contributed by atoms with van der Waals surface area (Å²) in [7, 11) is 0. The molecule has 132 valence electrons. The predicted molar refractivity (Wildman–Crippen MR) is 109 cm³/mol. The summed E-state index contributed by atoms with van der Waals surface area (Å²) in [5, 5.41) is 3.29. The van der Waals surface area contributed by atoms with Gasteiger partial charge in [-0.3, -0.25) is 9.79 Å². The molecule has 0 saturated carbocycles. The van der Waals surface area contributed by atoms with Gasteiger partial charge in [0.1, 0.15) is 0 Å². The van der Waals surface area contributed by atoms with Crippen LogP contribution in [0.5, 0.6) is 0 Å². The molecule has 1 aliphatic rings. The molecule has 0 saturated heterocycles. The van der Waals surface area contributed by atoms with Gasteiger partial charge in [0.15, 0.2) is 0 Å². The molecule has 0 aromatic heterocycles. The van der Waals surface area contributed by atoms with Crippen LogP contribution in [0.1, 0.15) is 27.0 Å². The Morgan fingerprint density at radius 3 is 2.00 bits per heavy atom. The van der Waals surface area contributed by atoms with E-state index in [1.807, 2.05) is 78.9 Å². The fraction of sp³-hybridized carbons (Fsp3) is 0.0833. The molecule has 1 aliphatic carbocycles. The minimum Gasteiger partial charge on any atom is -0.378 e. The van der Waals surface area contributed by atoms with Crippen molar-refractivity contribution in [2.75, 3.05) is 0 Å². The summed E-state index contributed by atoms with van der Waals surface area (Å²) in [6, 6.07) is 27.9. The van der Waals surface area contributed by atoms with E-state index in [9.17, 15) is 4.79 Å². The van der Waals surface area contributed by atoms with Gasteiger partial charge in [-0.05, 0) is 17.2 Å². The molecular formula is C24H20N2O. The molecule has 0 fully saturated rings. The SMILES string of the molecule is O=C1C(NCc2ccccc2)=CC(=NCc2ccccc2)c2ccccc21. The van der Waals surface area contributed by atoms with Crippen LogP contribution in [0.4, 0.5) is 0 Å². The second-order valence-corrected chi connectivity index (χ2v) is 6.46. The minimum atomic E-state index is 0.0141. The van der Waals surface area contributed by atoms with Gasteiger partial charge in [0.2, 0.25) is 5.78 Å². The van der Waals surface area contributed by atoms with E-state index in [1.54, 1.807) is 0 Å². The van der Waals surface area contributed by atoms with Gasteiger partial charge in [0, 0.05) is 17.7 Å². The van der Waals surface area contributed by atoms with Crippen LogP contribution in [0.3, 0.4) is 0 Å². The predicted octanol–water partition coefficient (Wildman–Crippen LogP) is 4.55. The minimum absolute atomic E-state index is 0.0141. The maximum Gasteiger partial charge on any atom is 0.209 e. The molecule has 3 aromatic carbocycles. The number of Topliss-reactive ketones (excluding diaryl/α,β-unsaturated/α-hetero) is 1.